The summed E-state index contributed by atoms with van der Waals surface area (Å²) in [5, 5.41) is -0.0244. The highest BCUT2D eigenvalue weighted by atomic mass is 35.5. The summed E-state index contributed by atoms with van der Waals surface area (Å²) in [6.07, 6.45) is 8.67. The maximum absolute atomic E-state index is 11.8. The Bertz CT molecular complexity index is 508. The van der Waals surface area contributed by atoms with E-state index in [2.05, 4.69) is 15.6 Å². The van der Waals surface area contributed by atoms with Gasteiger partial charge in [0.1, 0.15) is 10.0 Å². The second kappa shape index (κ2) is 6.60. The van der Waals surface area contributed by atoms with Crippen molar-refractivity contribution in [2.75, 3.05) is 6.54 Å². The lowest BCUT2D eigenvalue weighted by atomic mass is 10.2. The highest BCUT2D eigenvalue weighted by molar-refractivity contribution is 7.89. The van der Waals surface area contributed by atoms with Crippen LogP contribution in [-0.4, -0.2) is 19.9 Å². The van der Waals surface area contributed by atoms with Crippen LogP contribution in [0.25, 0.3) is 0 Å². The van der Waals surface area contributed by atoms with Gasteiger partial charge in [0.25, 0.3) is 0 Å². The molecule has 1 aromatic heterocycles. The van der Waals surface area contributed by atoms with Crippen LogP contribution in [0.1, 0.15) is 19.3 Å². The number of nitrogens with zero attached hydrogens (tertiary/aromatic N) is 1. The number of nitrogens with one attached hydrogen (secondary N) is 1. The predicted octanol–water partition coefficient (Wildman–Crippen LogP) is 1.82. The van der Waals surface area contributed by atoms with Crippen LogP contribution in [0.3, 0.4) is 0 Å². The SMILES string of the molecule is C#CCCCCNS(=O)(=O)c1cccnc1Cl. The van der Waals surface area contributed by atoms with E-state index in [0.29, 0.717) is 19.4 Å². The number of rotatable bonds is 6. The van der Waals surface area contributed by atoms with Gasteiger partial charge in [-0.2, -0.15) is 0 Å². The van der Waals surface area contributed by atoms with Gasteiger partial charge < -0.3 is 0 Å². The van der Waals surface area contributed by atoms with Crippen molar-refractivity contribution < 1.29 is 8.42 Å². The van der Waals surface area contributed by atoms with E-state index >= 15 is 0 Å². The van der Waals surface area contributed by atoms with Gasteiger partial charge in [0.15, 0.2) is 0 Å². The molecule has 0 spiro atoms. The van der Waals surface area contributed by atoms with Crippen molar-refractivity contribution in [3.05, 3.63) is 23.5 Å². The quantitative estimate of drug-likeness (QED) is 0.488. The van der Waals surface area contributed by atoms with Crippen LogP contribution >= 0.6 is 11.6 Å². The Morgan fingerprint density at radius 3 is 2.88 bits per heavy atom. The second-order valence-corrected chi connectivity index (χ2v) is 5.44. The van der Waals surface area contributed by atoms with Crippen LogP contribution in [0.5, 0.6) is 0 Å². The molecular weight excluding hydrogens is 260 g/mol. The maximum atomic E-state index is 11.8. The number of hydrogen-bond donors (Lipinski definition) is 1. The topological polar surface area (TPSA) is 59.1 Å². The first-order valence-electron chi connectivity index (χ1n) is 5.11. The molecule has 1 N–H and O–H groups in total. The molecule has 0 atom stereocenters. The Labute approximate surface area is 106 Å². The molecule has 0 aliphatic rings. The fourth-order valence-corrected chi connectivity index (χ4v) is 2.73. The summed E-state index contributed by atoms with van der Waals surface area (Å²) in [6.45, 7) is 0.342. The van der Waals surface area contributed by atoms with Gasteiger partial charge in [-0.25, -0.2) is 18.1 Å². The van der Waals surface area contributed by atoms with Gasteiger partial charge in [-0.3, -0.25) is 0 Å². The standard InChI is InChI=1S/C11H13ClN2O2S/c1-2-3-4-5-9-14-17(15,16)10-7-6-8-13-11(10)12/h1,6-8,14H,3-5,9H2. The number of hydrogen-bond acceptors (Lipinski definition) is 3. The number of sulfonamides is 1. The molecule has 0 saturated carbocycles. The van der Waals surface area contributed by atoms with Gasteiger partial charge in [-0.1, -0.05) is 11.6 Å². The zero-order valence-corrected chi connectivity index (χ0v) is 10.8. The Balaban J connectivity index is 2.59. The maximum Gasteiger partial charge on any atom is 0.243 e. The Morgan fingerprint density at radius 1 is 1.47 bits per heavy atom. The lowest BCUT2D eigenvalue weighted by Crippen LogP contribution is -2.25. The molecule has 0 aliphatic heterocycles. The molecule has 0 fully saturated rings. The highest BCUT2D eigenvalue weighted by Crippen LogP contribution is 2.17. The summed E-state index contributed by atoms with van der Waals surface area (Å²) in [5.41, 5.74) is 0. The van der Waals surface area contributed by atoms with E-state index < -0.39 is 10.0 Å². The first-order chi connectivity index (χ1) is 8.08. The number of pyridine rings is 1. The van der Waals surface area contributed by atoms with E-state index in [9.17, 15) is 8.42 Å². The molecule has 1 aromatic rings. The Kier molecular flexibility index (Phi) is 5.42. The van der Waals surface area contributed by atoms with E-state index in [0.717, 1.165) is 6.42 Å². The van der Waals surface area contributed by atoms with Crippen LogP contribution in [-0.2, 0) is 10.0 Å². The van der Waals surface area contributed by atoms with Crippen LogP contribution in [0.2, 0.25) is 5.15 Å². The predicted molar refractivity (Wildman–Crippen MR) is 67.1 cm³/mol. The summed E-state index contributed by atoms with van der Waals surface area (Å²) < 4.78 is 26.1. The Morgan fingerprint density at radius 2 is 2.24 bits per heavy atom. The fourth-order valence-electron chi connectivity index (χ4n) is 1.21. The minimum absolute atomic E-state index is 0.00128. The number of aromatic nitrogens is 1. The van der Waals surface area contributed by atoms with Crippen molar-refractivity contribution >= 4 is 21.6 Å². The van der Waals surface area contributed by atoms with Crippen LogP contribution < -0.4 is 4.72 Å². The molecule has 0 aromatic carbocycles. The van der Waals surface area contributed by atoms with Crippen molar-refractivity contribution in [2.45, 2.75) is 24.2 Å². The minimum Gasteiger partial charge on any atom is -0.243 e. The third-order valence-corrected chi connectivity index (χ3v) is 3.96. The molecule has 0 radical (unpaired) electrons. The number of terminal acetylenes is 1. The zero-order chi connectivity index (χ0) is 12.7. The van der Waals surface area contributed by atoms with Crippen molar-refractivity contribution in [1.82, 2.24) is 9.71 Å². The first-order valence-corrected chi connectivity index (χ1v) is 6.97. The fraction of sp³-hybridized carbons (Fsp3) is 0.364. The monoisotopic (exact) mass is 272 g/mol. The smallest absolute Gasteiger partial charge is 0.243 e. The summed E-state index contributed by atoms with van der Waals surface area (Å²) in [5.74, 6) is 2.50. The second-order valence-electron chi connectivity index (χ2n) is 3.35. The van der Waals surface area contributed by atoms with Gasteiger partial charge in [0.2, 0.25) is 10.0 Å². The molecule has 1 heterocycles. The Hall–Kier alpha value is -1.09. The molecule has 0 bridgehead atoms. The average Bonchev–Trinajstić information content (AvgIpc) is 2.29. The molecule has 0 aliphatic carbocycles. The van der Waals surface area contributed by atoms with Crippen molar-refractivity contribution in [3.8, 4) is 12.3 Å². The summed E-state index contributed by atoms with van der Waals surface area (Å²) in [6, 6.07) is 2.94. The van der Waals surface area contributed by atoms with E-state index in [1.807, 2.05) is 0 Å². The molecule has 0 saturated heterocycles. The molecule has 92 valence electrons. The summed E-state index contributed by atoms with van der Waals surface area (Å²) in [4.78, 5) is 3.72. The lowest BCUT2D eigenvalue weighted by Gasteiger charge is -2.06. The third kappa shape index (κ3) is 4.35. The van der Waals surface area contributed by atoms with Gasteiger partial charge in [0, 0.05) is 19.2 Å². The van der Waals surface area contributed by atoms with E-state index in [1.54, 1.807) is 0 Å². The summed E-state index contributed by atoms with van der Waals surface area (Å²) >= 11 is 5.71. The summed E-state index contributed by atoms with van der Waals surface area (Å²) in [7, 11) is -3.57. The van der Waals surface area contributed by atoms with E-state index in [1.165, 1.54) is 18.3 Å². The minimum atomic E-state index is -3.57. The molecule has 1 rings (SSSR count). The molecule has 0 amide bonds. The van der Waals surface area contributed by atoms with Crippen LogP contribution in [0, 0.1) is 12.3 Å². The molecule has 6 heteroatoms. The number of halogens is 1. The third-order valence-electron chi connectivity index (χ3n) is 2.05. The van der Waals surface area contributed by atoms with Crippen molar-refractivity contribution in [1.29, 1.82) is 0 Å². The largest absolute Gasteiger partial charge is 0.243 e. The van der Waals surface area contributed by atoms with Crippen LogP contribution in [0.15, 0.2) is 23.2 Å². The van der Waals surface area contributed by atoms with Gasteiger partial charge in [-0.15, -0.1) is 12.3 Å². The van der Waals surface area contributed by atoms with E-state index in [4.69, 9.17) is 18.0 Å². The van der Waals surface area contributed by atoms with Gasteiger partial charge in [-0.05, 0) is 25.0 Å². The molecule has 0 unspecified atom stereocenters. The average molecular weight is 273 g/mol. The van der Waals surface area contributed by atoms with E-state index in [-0.39, 0.29) is 10.0 Å². The first kappa shape index (κ1) is 14.0. The highest BCUT2D eigenvalue weighted by Gasteiger charge is 2.17. The molecule has 4 nitrogen and oxygen atoms in total. The van der Waals surface area contributed by atoms with Gasteiger partial charge in [0.05, 0.1) is 0 Å². The normalized spacial score (nSPS) is 11.1. The van der Waals surface area contributed by atoms with Gasteiger partial charge >= 0.3 is 0 Å². The van der Waals surface area contributed by atoms with Crippen molar-refractivity contribution in [3.63, 3.8) is 0 Å². The van der Waals surface area contributed by atoms with Crippen molar-refractivity contribution in [2.24, 2.45) is 0 Å². The lowest BCUT2D eigenvalue weighted by molar-refractivity contribution is 0.577. The van der Waals surface area contributed by atoms with Crippen LogP contribution in [0.4, 0.5) is 0 Å². The molecule has 17 heavy (non-hydrogen) atoms. The molecular formula is C11H13ClN2O2S. The number of unbranched alkanes of at least 4 members (excludes halogenated alkanes) is 2. The zero-order valence-electron chi connectivity index (χ0n) is 9.19.